The molecule has 0 bridgehead atoms. The number of ether oxygens (including phenoxy) is 1. The van der Waals surface area contributed by atoms with Gasteiger partial charge in [0.25, 0.3) is 0 Å². The monoisotopic (exact) mass is 381 g/mol. The number of hydrogen-bond donors (Lipinski definition) is 1. The molecule has 150 valence electrons. The maximum absolute atomic E-state index is 12.7. The van der Waals surface area contributed by atoms with Gasteiger partial charge in [-0.1, -0.05) is 32.0 Å². The van der Waals surface area contributed by atoms with Crippen molar-refractivity contribution in [1.29, 1.82) is 0 Å². The molecule has 1 aliphatic heterocycles. The number of carbonyl (C=O) groups is 1. The summed E-state index contributed by atoms with van der Waals surface area (Å²) in [5, 5.41) is 3.05. The highest BCUT2D eigenvalue weighted by atomic mass is 16.5. The number of nitrogens with zero attached hydrogens (tertiary/aromatic N) is 2. The number of nitrogens with one attached hydrogen (secondary N) is 1. The molecule has 3 rings (SSSR count). The van der Waals surface area contributed by atoms with Crippen LogP contribution in [0.5, 0.6) is 5.75 Å². The number of hydrogen-bond acceptors (Lipinski definition) is 4. The number of carbonyl (C=O) groups excluding carboxylic acids is 1. The molecule has 1 N–H and O–H groups in total. The van der Waals surface area contributed by atoms with Crippen molar-refractivity contribution in [1.82, 2.24) is 4.90 Å². The zero-order valence-corrected chi connectivity index (χ0v) is 17.3. The molecular weight excluding hydrogens is 350 g/mol. The smallest absolute Gasteiger partial charge is 0.241 e. The average molecular weight is 382 g/mol. The summed E-state index contributed by atoms with van der Waals surface area (Å²) in [4.78, 5) is 17.3. The summed E-state index contributed by atoms with van der Waals surface area (Å²) in [7, 11) is 1.69. The first-order valence-electron chi connectivity index (χ1n) is 10.0. The van der Waals surface area contributed by atoms with Crippen molar-refractivity contribution in [3.05, 3.63) is 54.1 Å². The van der Waals surface area contributed by atoms with Gasteiger partial charge in [-0.3, -0.25) is 9.69 Å². The number of benzene rings is 2. The van der Waals surface area contributed by atoms with Crippen molar-refractivity contribution < 1.29 is 9.53 Å². The predicted molar refractivity (Wildman–Crippen MR) is 115 cm³/mol. The number of methoxy groups -OCH3 is 1. The van der Waals surface area contributed by atoms with Crippen molar-refractivity contribution in [2.45, 2.75) is 32.7 Å². The van der Waals surface area contributed by atoms with Crippen LogP contribution in [0, 0.1) is 0 Å². The van der Waals surface area contributed by atoms with Crippen molar-refractivity contribution in [3.63, 3.8) is 0 Å². The van der Waals surface area contributed by atoms with Crippen LogP contribution in [0.1, 0.15) is 32.3 Å². The van der Waals surface area contributed by atoms with Gasteiger partial charge in [-0.05, 0) is 42.7 Å². The highest BCUT2D eigenvalue weighted by Gasteiger charge is 2.25. The van der Waals surface area contributed by atoms with E-state index in [0.717, 1.165) is 37.6 Å². The molecule has 0 spiro atoms. The molecular formula is C23H31N3O2. The van der Waals surface area contributed by atoms with E-state index in [-0.39, 0.29) is 11.9 Å². The second kappa shape index (κ2) is 9.11. The molecule has 0 aromatic heterocycles. The summed E-state index contributed by atoms with van der Waals surface area (Å²) < 4.78 is 5.32. The minimum Gasteiger partial charge on any atom is -0.497 e. The van der Waals surface area contributed by atoms with Crippen LogP contribution in [-0.4, -0.2) is 50.1 Å². The third-order valence-electron chi connectivity index (χ3n) is 5.50. The molecule has 5 nitrogen and oxygen atoms in total. The maximum Gasteiger partial charge on any atom is 0.241 e. The second-order valence-electron chi connectivity index (χ2n) is 7.67. The molecule has 5 heteroatoms. The third kappa shape index (κ3) is 4.84. The Morgan fingerprint density at radius 3 is 2.29 bits per heavy atom. The molecule has 1 aliphatic rings. The van der Waals surface area contributed by atoms with E-state index in [9.17, 15) is 4.79 Å². The van der Waals surface area contributed by atoms with Crippen LogP contribution in [0.15, 0.2) is 48.5 Å². The Bertz CT molecular complexity index is 781. The van der Waals surface area contributed by atoms with Crippen LogP contribution in [0.25, 0.3) is 0 Å². The molecule has 2 aromatic carbocycles. The second-order valence-corrected chi connectivity index (χ2v) is 7.67. The fourth-order valence-corrected chi connectivity index (χ4v) is 3.54. The van der Waals surface area contributed by atoms with E-state index in [4.69, 9.17) is 4.74 Å². The SMILES string of the molecule is COc1cccc(N2CCN(C(C)C(=O)Nc3ccc(C(C)C)cc3)CC2)c1. The number of piperazine rings is 1. The van der Waals surface area contributed by atoms with Crippen molar-refractivity contribution in [2.24, 2.45) is 0 Å². The molecule has 28 heavy (non-hydrogen) atoms. The van der Waals surface area contributed by atoms with Crippen LogP contribution in [0.4, 0.5) is 11.4 Å². The minimum atomic E-state index is -0.155. The Hall–Kier alpha value is -2.53. The van der Waals surface area contributed by atoms with Crippen LogP contribution < -0.4 is 15.0 Å². The summed E-state index contributed by atoms with van der Waals surface area (Å²) >= 11 is 0. The molecule has 1 amide bonds. The molecule has 1 unspecified atom stereocenters. The molecule has 0 aliphatic carbocycles. The molecule has 2 aromatic rings. The van der Waals surface area contributed by atoms with Crippen LogP contribution in [-0.2, 0) is 4.79 Å². The summed E-state index contributed by atoms with van der Waals surface area (Å²) in [6, 6.07) is 16.1. The molecule has 1 fully saturated rings. The number of rotatable bonds is 6. The first kappa shape index (κ1) is 20.2. The molecule has 0 saturated carbocycles. The molecule has 1 atom stereocenters. The fraction of sp³-hybridized carbons (Fsp3) is 0.435. The maximum atomic E-state index is 12.7. The van der Waals surface area contributed by atoms with E-state index in [2.05, 4.69) is 53.2 Å². The van der Waals surface area contributed by atoms with Gasteiger partial charge in [-0.2, -0.15) is 0 Å². The number of amides is 1. The third-order valence-corrected chi connectivity index (χ3v) is 5.50. The molecule has 0 radical (unpaired) electrons. The van der Waals surface area contributed by atoms with Crippen LogP contribution in [0.2, 0.25) is 0 Å². The Labute approximate surface area is 168 Å². The number of anilines is 2. The van der Waals surface area contributed by atoms with Crippen LogP contribution >= 0.6 is 0 Å². The lowest BCUT2D eigenvalue weighted by molar-refractivity contribution is -0.120. The largest absolute Gasteiger partial charge is 0.497 e. The summed E-state index contributed by atoms with van der Waals surface area (Å²) in [5.41, 5.74) is 3.30. The van der Waals surface area contributed by atoms with Gasteiger partial charge in [-0.25, -0.2) is 0 Å². The summed E-state index contributed by atoms with van der Waals surface area (Å²) in [5.74, 6) is 1.41. The van der Waals surface area contributed by atoms with E-state index in [0.29, 0.717) is 5.92 Å². The van der Waals surface area contributed by atoms with E-state index < -0.39 is 0 Å². The highest BCUT2D eigenvalue weighted by molar-refractivity contribution is 5.94. The van der Waals surface area contributed by atoms with E-state index >= 15 is 0 Å². The molecule has 1 saturated heterocycles. The summed E-state index contributed by atoms with van der Waals surface area (Å²) in [6.45, 7) is 9.83. The van der Waals surface area contributed by atoms with Crippen LogP contribution in [0.3, 0.4) is 0 Å². The van der Waals surface area contributed by atoms with Crippen molar-refractivity contribution in [3.8, 4) is 5.75 Å². The zero-order valence-electron chi connectivity index (χ0n) is 17.3. The highest BCUT2D eigenvalue weighted by Crippen LogP contribution is 2.23. The quantitative estimate of drug-likeness (QED) is 0.822. The Balaban J connectivity index is 1.53. The van der Waals surface area contributed by atoms with Gasteiger partial charge >= 0.3 is 0 Å². The van der Waals surface area contributed by atoms with Gasteiger partial charge in [-0.15, -0.1) is 0 Å². The van der Waals surface area contributed by atoms with Gasteiger partial charge < -0.3 is 15.0 Å². The van der Waals surface area contributed by atoms with Crippen molar-refractivity contribution in [2.75, 3.05) is 43.5 Å². The fourth-order valence-electron chi connectivity index (χ4n) is 3.54. The average Bonchev–Trinajstić information content (AvgIpc) is 2.73. The first-order valence-corrected chi connectivity index (χ1v) is 10.0. The predicted octanol–water partition coefficient (Wildman–Crippen LogP) is 3.97. The lowest BCUT2D eigenvalue weighted by Gasteiger charge is -2.38. The van der Waals surface area contributed by atoms with Gasteiger partial charge in [0.2, 0.25) is 5.91 Å². The van der Waals surface area contributed by atoms with Gasteiger partial charge in [0.15, 0.2) is 0 Å². The lowest BCUT2D eigenvalue weighted by Crippen LogP contribution is -2.52. The Kier molecular flexibility index (Phi) is 6.57. The van der Waals surface area contributed by atoms with Gasteiger partial charge in [0, 0.05) is 43.6 Å². The standard InChI is InChI=1S/C23H31N3O2/c1-17(2)19-8-10-20(11-9-19)24-23(27)18(3)25-12-14-26(15-13-25)21-6-5-7-22(16-21)28-4/h5-11,16-18H,12-15H2,1-4H3,(H,24,27). The van der Waals surface area contributed by atoms with E-state index in [1.807, 2.05) is 31.2 Å². The molecule has 1 heterocycles. The topological polar surface area (TPSA) is 44.8 Å². The first-order chi connectivity index (χ1) is 13.5. The van der Waals surface area contributed by atoms with Gasteiger partial charge in [0.1, 0.15) is 5.75 Å². The Morgan fingerprint density at radius 1 is 1.00 bits per heavy atom. The van der Waals surface area contributed by atoms with E-state index in [1.54, 1.807) is 7.11 Å². The summed E-state index contributed by atoms with van der Waals surface area (Å²) in [6.07, 6.45) is 0. The van der Waals surface area contributed by atoms with E-state index in [1.165, 1.54) is 11.3 Å². The minimum absolute atomic E-state index is 0.0483. The van der Waals surface area contributed by atoms with Crippen molar-refractivity contribution >= 4 is 17.3 Å². The zero-order chi connectivity index (χ0) is 20.1. The lowest BCUT2D eigenvalue weighted by atomic mass is 10.0. The normalized spacial score (nSPS) is 16.1. The van der Waals surface area contributed by atoms with Gasteiger partial charge in [0.05, 0.1) is 13.2 Å². The Morgan fingerprint density at radius 2 is 1.68 bits per heavy atom.